The van der Waals surface area contributed by atoms with E-state index in [1.165, 1.54) is 11.0 Å². The first-order valence-corrected chi connectivity index (χ1v) is 8.22. The Balaban J connectivity index is 1.84. The maximum Gasteiger partial charge on any atom is 0.371 e. The van der Waals surface area contributed by atoms with Crippen LogP contribution in [-0.4, -0.2) is 51.8 Å². The van der Waals surface area contributed by atoms with E-state index in [0.717, 1.165) is 10.9 Å². The Hall–Kier alpha value is -3.13. The van der Waals surface area contributed by atoms with Crippen molar-refractivity contribution in [3.63, 3.8) is 0 Å². The van der Waals surface area contributed by atoms with Crippen LogP contribution in [0.1, 0.15) is 33.7 Å². The molecule has 0 unspecified atom stereocenters. The van der Waals surface area contributed by atoms with E-state index in [0.29, 0.717) is 31.2 Å². The van der Waals surface area contributed by atoms with Gasteiger partial charge >= 0.3 is 5.97 Å². The monoisotopic (exact) mass is 357 g/mol. The Morgan fingerprint density at radius 2 is 2.08 bits per heavy atom. The normalized spacial score (nSPS) is 11.0. The standard InChI is InChI=1S/C18H19N3O5/c1-2-25-10-9-21(11-12-7-8-15(26-12)18(23)24)17(22)16-13-5-3-4-6-14(13)19-20-16/h3-8H,2,9-11H2,1H3,(H,19,20)(H,23,24). The van der Waals surface area contributed by atoms with Gasteiger partial charge in [0.1, 0.15) is 5.76 Å². The molecule has 0 aliphatic rings. The van der Waals surface area contributed by atoms with Gasteiger partial charge in [0.05, 0.1) is 18.7 Å². The zero-order valence-electron chi connectivity index (χ0n) is 14.3. The number of carbonyl (C=O) groups excluding carboxylic acids is 1. The third kappa shape index (κ3) is 3.75. The summed E-state index contributed by atoms with van der Waals surface area (Å²) < 4.78 is 10.6. The fourth-order valence-electron chi connectivity index (χ4n) is 2.61. The first kappa shape index (κ1) is 17.7. The third-order valence-electron chi connectivity index (χ3n) is 3.89. The molecule has 2 heterocycles. The number of ether oxygens (including phenoxy) is 1. The zero-order chi connectivity index (χ0) is 18.5. The topological polar surface area (TPSA) is 109 Å². The fourth-order valence-corrected chi connectivity index (χ4v) is 2.61. The van der Waals surface area contributed by atoms with Crippen LogP contribution in [0.15, 0.2) is 40.8 Å². The van der Waals surface area contributed by atoms with E-state index in [1.807, 2.05) is 31.2 Å². The van der Waals surface area contributed by atoms with E-state index in [1.54, 1.807) is 6.07 Å². The quantitative estimate of drug-likeness (QED) is 0.600. The van der Waals surface area contributed by atoms with Gasteiger partial charge in [0, 0.05) is 18.5 Å². The van der Waals surface area contributed by atoms with Crippen LogP contribution in [0, 0.1) is 0 Å². The number of hydrogen-bond acceptors (Lipinski definition) is 5. The van der Waals surface area contributed by atoms with Crippen LogP contribution in [0.5, 0.6) is 0 Å². The van der Waals surface area contributed by atoms with Gasteiger partial charge in [0.25, 0.3) is 5.91 Å². The molecule has 3 rings (SSSR count). The molecular formula is C18H19N3O5. The maximum absolute atomic E-state index is 13.0. The van der Waals surface area contributed by atoms with Crippen molar-refractivity contribution in [2.45, 2.75) is 13.5 Å². The van der Waals surface area contributed by atoms with Gasteiger partial charge < -0.3 is 19.2 Å². The molecule has 2 aromatic heterocycles. The second-order valence-electron chi connectivity index (χ2n) is 5.61. The molecule has 0 aliphatic carbocycles. The molecule has 0 saturated heterocycles. The van der Waals surface area contributed by atoms with E-state index in [4.69, 9.17) is 14.3 Å². The molecule has 136 valence electrons. The van der Waals surface area contributed by atoms with E-state index in [2.05, 4.69) is 10.2 Å². The summed E-state index contributed by atoms with van der Waals surface area (Å²) in [4.78, 5) is 25.5. The lowest BCUT2D eigenvalue weighted by molar-refractivity contribution is 0.0614. The lowest BCUT2D eigenvalue weighted by Gasteiger charge is -2.20. The zero-order valence-corrected chi connectivity index (χ0v) is 14.3. The molecule has 0 saturated carbocycles. The Morgan fingerprint density at radius 3 is 2.81 bits per heavy atom. The van der Waals surface area contributed by atoms with Crippen molar-refractivity contribution < 1.29 is 23.8 Å². The molecule has 0 fully saturated rings. The van der Waals surface area contributed by atoms with Gasteiger partial charge in [0.15, 0.2) is 5.69 Å². The predicted octanol–water partition coefficient (Wildman–Crippen LogP) is 2.53. The number of para-hydroxylation sites is 1. The number of benzene rings is 1. The maximum atomic E-state index is 13.0. The number of hydrogen-bond donors (Lipinski definition) is 2. The van der Waals surface area contributed by atoms with Crippen LogP contribution < -0.4 is 0 Å². The van der Waals surface area contributed by atoms with Gasteiger partial charge in [-0.3, -0.25) is 9.89 Å². The highest BCUT2D eigenvalue weighted by Gasteiger charge is 2.22. The van der Waals surface area contributed by atoms with Crippen molar-refractivity contribution in [3.8, 4) is 0 Å². The number of aromatic amines is 1. The smallest absolute Gasteiger partial charge is 0.371 e. The van der Waals surface area contributed by atoms with E-state index < -0.39 is 5.97 Å². The number of carboxylic acids is 1. The summed E-state index contributed by atoms with van der Waals surface area (Å²) in [6.07, 6.45) is 0. The lowest BCUT2D eigenvalue weighted by Crippen LogP contribution is -2.34. The van der Waals surface area contributed by atoms with Crippen molar-refractivity contribution in [1.82, 2.24) is 15.1 Å². The Bertz CT molecular complexity index is 914. The fraction of sp³-hybridized carbons (Fsp3) is 0.278. The average Bonchev–Trinajstić information content (AvgIpc) is 3.27. The number of aromatic nitrogens is 2. The van der Waals surface area contributed by atoms with Crippen molar-refractivity contribution in [2.24, 2.45) is 0 Å². The van der Waals surface area contributed by atoms with Crippen molar-refractivity contribution in [1.29, 1.82) is 0 Å². The molecule has 0 bridgehead atoms. The highest BCUT2D eigenvalue weighted by Crippen LogP contribution is 2.19. The molecule has 2 N–H and O–H groups in total. The summed E-state index contributed by atoms with van der Waals surface area (Å²) in [6.45, 7) is 3.23. The van der Waals surface area contributed by atoms with Crippen LogP contribution in [0.25, 0.3) is 10.9 Å². The van der Waals surface area contributed by atoms with Crippen LogP contribution in [-0.2, 0) is 11.3 Å². The number of amides is 1. The number of furan rings is 1. The summed E-state index contributed by atoms with van der Waals surface area (Å²) in [5.74, 6) is -1.22. The van der Waals surface area contributed by atoms with E-state index >= 15 is 0 Å². The summed E-state index contributed by atoms with van der Waals surface area (Å²) in [7, 11) is 0. The van der Waals surface area contributed by atoms with Crippen LogP contribution in [0.3, 0.4) is 0 Å². The first-order valence-electron chi connectivity index (χ1n) is 8.22. The summed E-state index contributed by atoms with van der Waals surface area (Å²) >= 11 is 0. The number of nitrogens with zero attached hydrogens (tertiary/aromatic N) is 2. The SMILES string of the molecule is CCOCCN(Cc1ccc(C(=O)O)o1)C(=O)c1n[nH]c2ccccc12. The van der Waals surface area contributed by atoms with Crippen LogP contribution >= 0.6 is 0 Å². The summed E-state index contributed by atoms with van der Waals surface area (Å²) in [5, 5.41) is 16.7. The molecule has 0 aliphatic heterocycles. The Labute approximate surface area is 149 Å². The molecule has 0 spiro atoms. The van der Waals surface area contributed by atoms with Crippen molar-refractivity contribution in [3.05, 3.63) is 53.6 Å². The minimum atomic E-state index is -1.15. The first-order chi connectivity index (χ1) is 12.6. The highest BCUT2D eigenvalue weighted by atomic mass is 16.5. The molecule has 0 radical (unpaired) electrons. The number of H-pyrrole nitrogens is 1. The molecular weight excluding hydrogens is 338 g/mol. The second-order valence-corrected chi connectivity index (χ2v) is 5.61. The minimum Gasteiger partial charge on any atom is -0.475 e. The van der Waals surface area contributed by atoms with Gasteiger partial charge in [-0.2, -0.15) is 5.10 Å². The summed E-state index contributed by atoms with van der Waals surface area (Å²) in [5.41, 5.74) is 1.08. The number of carbonyl (C=O) groups is 2. The number of fused-ring (bicyclic) bond motifs is 1. The number of nitrogens with one attached hydrogen (secondary N) is 1. The molecule has 26 heavy (non-hydrogen) atoms. The molecule has 8 heteroatoms. The van der Waals surface area contributed by atoms with E-state index in [9.17, 15) is 9.59 Å². The molecule has 3 aromatic rings. The number of carboxylic acid groups (broad SMARTS) is 1. The van der Waals surface area contributed by atoms with Gasteiger partial charge in [-0.05, 0) is 25.1 Å². The van der Waals surface area contributed by atoms with Gasteiger partial charge in [-0.15, -0.1) is 0 Å². The van der Waals surface area contributed by atoms with Crippen molar-refractivity contribution in [2.75, 3.05) is 19.8 Å². The van der Waals surface area contributed by atoms with Crippen LogP contribution in [0.4, 0.5) is 0 Å². The largest absolute Gasteiger partial charge is 0.475 e. The Kier molecular flexibility index (Phi) is 5.33. The molecule has 1 amide bonds. The summed E-state index contributed by atoms with van der Waals surface area (Å²) in [6, 6.07) is 10.3. The van der Waals surface area contributed by atoms with Gasteiger partial charge in [-0.1, -0.05) is 18.2 Å². The van der Waals surface area contributed by atoms with Crippen LogP contribution in [0.2, 0.25) is 0 Å². The minimum absolute atomic E-state index is 0.125. The number of aromatic carboxylic acids is 1. The van der Waals surface area contributed by atoms with Crippen molar-refractivity contribution >= 4 is 22.8 Å². The third-order valence-corrected chi connectivity index (χ3v) is 3.89. The van der Waals surface area contributed by atoms with E-state index in [-0.39, 0.29) is 18.2 Å². The van der Waals surface area contributed by atoms with Gasteiger partial charge in [0.2, 0.25) is 5.76 Å². The molecule has 8 nitrogen and oxygen atoms in total. The lowest BCUT2D eigenvalue weighted by atomic mass is 10.2. The predicted molar refractivity (Wildman–Crippen MR) is 93.0 cm³/mol. The number of rotatable bonds is 8. The highest BCUT2D eigenvalue weighted by molar-refractivity contribution is 6.04. The molecule has 1 aromatic carbocycles. The Morgan fingerprint density at radius 1 is 1.27 bits per heavy atom. The molecule has 0 atom stereocenters. The van der Waals surface area contributed by atoms with Gasteiger partial charge in [-0.25, -0.2) is 4.79 Å². The second kappa shape index (κ2) is 7.83. The average molecular weight is 357 g/mol.